The third kappa shape index (κ3) is 51.6. The first-order chi connectivity index (χ1) is 1.91. The second-order valence-corrected chi connectivity index (χ2v) is 1.000. The van der Waals surface area contributed by atoms with E-state index in [4.69, 9.17) is 0 Å². The average Bonchev–Trinajstić information content (AvgIpc) is 1.37. The molecule has 4 N–H and O–H groups in total. The first kappa shape index (κ1) is 34.1. The summed E-state index contributed by atoms with van der Waals surface area (Å²) in [7, 11) is 0. The summed E-state index contributed by atoms with van der Waals surface area (Å²) in [5.41, 5.74) is 0. The number of rotatable bonds is 1. The van der Waals surface area contributed by atoms with Gasteiger partial charge in [-0.3, -0.25) is 0 Å². The predicted molar refractivity (Wildman–Crippen MR) is 43.8 cm³/mol. The quantitative estimate of drug-likeness (QED) is 0.462. The summed E-state index contributed by atoms with van der Waals surface area (Å²) in [5.74, 6) is 0. The Kier molecular flexibility index (Phi) is 168. The summed E-state index contributed by atoms with van der Waals surface area (Å²) in [6, 6.07) is 0. The summed E-state index contributed by atoms with van der Waals surface area (Å²) in [5, 5.41) is 0. The molecule has 0 fully saturated rings. The molecule has 0 aliphatic heterocycles. The molecule has 0 atom stereocenters. The van der Waals surface area contributed by atoms with E-state index in [0.717, 1.165) is 0 Å². The van der Waals surface area contributed by atoms with Crippen molar-refractivity contribution in [2.45, 2.75) is 26.7 Å². The normalized spacial score (nSPS) is 3.75. The third-order valence-corrected chi connectivity index (χ3v) is 0.500. The van der Waals surface area contributed by atoms with Crippen molar-refractivity contribution < 1.29 is 16.7 Å². The van der Waals surface area contributed by atoms with Crippen molar-refractivity contribution in [3.63, 3.8) is 0 Å². The van der Waals surface area contributed by atoms with Gasteiger partial charge in [0, 0.05) is 0 Å². The van der Waals surface area contributed by atoms with Gasteiger partial charge in [0.25, 0.3) is 0 Å². The van der Waals surface area contributed by atoms with Gasteiger partial charge in [-0.2, -0.15) is 0 Å². The molecule has 0 unspecified atom stereocenters. The van der Waals surface area contributed by atoms with E-state index in [2.05, 4.69) is 13.8 Å². The van der Waals surface area contributed by atoms with E-state index in [0.29, 0.717) is 0 Å². The Morgan fingerprint density at radius 1 is 0.875 bits per heavy atom. The number of hydrogen-bond donors (Lipinski definition) is 0. The van der Waals surface area contributed by atoms with E-state index in [-0.39, 0.29) is 62.8 Å². The number of hydrogen-bond acceptors (Lipinski definition) is 0. The molecule has 0 aromatic carbocycles. The van der Waals surface area contributed by atoms with Crippen LogP contribution in [0.25, 0.3) is 0 Å². The van der Waals surface area contributed by atoms with Crippen LogP contribution in [0, 0.1) is 0 Å². The van der Waals surface area contributed by atoms with Gasteiger partial charge in [-0.1, -0.05) is 26.7 Å². The van der Waals surface area contributed by atoms with E-state index in [1.165, 1.54) is 12.8 Å². The molecule has 0 heterocycles. The fourth-order valence-electron chi connectivity index (χ4n) is 0. The third-order valence-electron chi connectivity index (χ3n) is 0.500. The van der Waals surface area contributed by atoms with Gasteiger partial charge in [0.15, 0.2) is 0 Å². The van der Waals surface area contributed by atoms with Crippen molar-refractivity contribution in [2.24, 2.45) is 0 Å². The molecule has 0 rings (SSSR count). The summed E-state index contributed by atoms with van der Waals surface area (Å²) >= 11 is 0. The zero-order chi connectivity index (χ0) is 3.41. The second-order valence-electron chi connectivity index (χ2n) is 1.000. The predicted octanol–water partition coefficient (Wildman–Crippen LogP) is -0.155. The van der Waals surface area contributed by atoms with Crippen molar-refractivity contribution in [1.29, 1.82) is 0 Å². The van der Waals surface area contributed by atoms with Crippen LogP contribution in [0.4, 0.5) is 0 Å². The van der Waals surface area contributed by atoms with Gasteiger partial charge in [0.1, 0.15) is 0 Å². The molecule has 0 aliphatic carbocycles. The van der Waals surface area contributed by atoms with Gasteiger partial charge in [-0.15, -0.1) is 0 Å². The monoisotopic (exact) mass is 146 g/mol. The minimum absolute atomic E-state index is 0. The van der Waals surface area contributed by atoms with Crippen LogP contribution in [0.2, 0.25) is 0 Å². The van der Waals surface area contributed by atoms with Crippen LogP contribution in [0.5, 0.6) is 0 Å². The molecule has 0 spiro atoms. The van der Waals surface area contributed by atoms with Crippen molar-refractivity contribution in [1.82, 2.24) is 0 Å². The van der Waals surface area contributed by atoms with Crippen LogP contribution < -0.4 is 0 Å². The minimum atomic E-state index is 0. The summed E-state index contributed by atoms with van der Waals surface area (Å²) in [6.45, 7) is 4.36. The van der Waals surface area contributed by atoms with Crippen LogP contribution in [0.3, 0.4) is 0 Å². The van der Waals surface area contributed by atoms with Crippen LogP contribution in [-0.2, 0) is 0 Å². The van der Waals surface area contributed by atoms with Gasteiger partial charge in [0.2, 0.25) is 0 Å². The maximum absolute atomic E-state index is 2.18. The Balaban J connectivity index is -0.00000000161. The second kappa shape index (κ2) is 39.4. The molecule has 0 aromatic heterocycles. The zero-order valence-corrected chi connectivity index (χ0v) is 8.66. The SMILES string of the molecule is CCCC.O.O.[H-].[H-].[H-].[H-].[Mg+2].[Mg+2]. The van der Waals surface area contributed by atoms with Crippen molar-refractivity contribution >= 4 is 46.1 Å². The molecule has 0 bridgehead atoms. The molecule has 8 heavy (non-hydrogen) atoms. The van der Waals surface area contributed by atoms with Crippen molar-refractivity contribution in [2.75, 3.05) is 0 Å². The Morgan fingerprint density at radius 3 is 1.00 bits per heavy atom. The molecule has 0 saturated carbocycles. The Hall–Kier alpha value is 1.45. The molecule has 50 valence electrons. The van der Waals surface area contributed by atoms with Crippen molar-refractivity contribution in [3.05, 3.63) is 0 Å². The Morgan fingerprint density at radius 2 is 1.00 bits per heavy atom. The van der Waals surface area contributed by atoms with E-state index >= 15 is 0 Å². The molecule has 2 nitrogen and oxygen atoms in total. The summed E-state index contributed by atoms with van der Waals surface area (Å²) in [4.78, 5) is 0. The smallest absolute Gasteiger partial charge is 1.00 e. The Labute approximate surface area is 89.3 Å². The van der Waals surface area contributed by atoms with Crippen LogP contribution in [0.15, 0.2) is 0 Å². The topological polar surface area (TPSA) is 63.0 Å². The van der Waals surface area contributed by atoms with E-state index in [1.54, 1.807) is 0 Å². The molecular weight excluding hydrogens is 129 g/mol. The van der Waals surface area contributed by atoms with Crippen molar-refractivity contribution in [3.8, 4) is 0 Å². The average molecular weight is 147 g/mol. The van der Waals surface area contributed by atoms with Gasteiger partial charge >= 0.3 is 46.1 Å². The maximum atomic E-state index is 2.18. The molecule has 0 amide bonds. The molecule has 0 radical (unpaired) electrons. The summed E-state index contributed by atoms with van der Waals surface area (Å²) in [6.07, 6.45) is 2.64. The van der Waals surface area contributed by atoms with Crippen LogP contribution in [0.1, 0.15) is 32.4 Å². The van der Waals surface area contributed by atoms with E-state index in [9.17, 15) is 0 Å². The van der Waals surface area contributed by atoms with E-state index in [1.807, 2.05) is 0 Å². The van der Waals surface area contributed by atoms with E-state index < -0.39 is 0 Å². The maximum Gasteiger partial charge on any atom is 2.00 e. The fraction of sp³-hybridized carbons (Fsp3) is 1.00. The molecule has 0 aromatic rings. The Bertz CT molecular complexity index is 25.0. The zero-order valence-electron chi connectivity index (χ0n) is 9.83. The van der Waals surface area contributed by atoms with Crippen LogP contribution in [-0.4, -0.2) is 57.1 Å². The fourth-order valence-corrected chi connectivity index (χ4v) is 0. The van der Waals surface area contributed by atoms with Gasteiger partial charge in [-0.25, -0.2) is 0 Å². The molecular formula is C4H18Mg2O2. The van der Waals surface area contributed by atoms with Gasteiger partial charge in [0.05, 0.1) is 0 Å². The van der Waals surface area contributed by atoms with Gasteiger partial charge in [-0.05, 0) is 0 Å². The first-order valence-corrected chi connectivity index (χ1v) is 1.91. The minimum Gasteiger partial charge on any atom is -1.00 e. The number of unbranched alkanes of at least 4 members (excludes halogenated alkanes) is 1. The summed E-state index contributed by atoms with van der Waals surface area (Å²) < 4.78 is 0. The van der Waals surface area contributed by atoms with Crippen LogP contribution >= 0.6 is 0 Å². The largest absolute Gasteiger partial charge is 2.00 e. The van der Waals surface area contributed by atoms with Gasteiger partial charge < -0.3 is 16.7 Å². The molecule has 4 heteroatoms. The first-order valence-electron chi connectivity index (χ1n) is 1.91. The standard InChI is InChI=1S/C4H10.2Mg.2H2O.4H/c1-3-4-2;;;;;;;;/h3-4H2,1-2H3;;;2*1H2;;;;/q;2*+2;;;4*-1. The molecule has 0 aliphatic rings. The molecule has 0 saturated heterocycles.